The molecule has 0 aliphatic carbocycles. The molecule has 2 aromatic carbocycles. The first kappa shape index (κ1) is 20.0. The first-order chi connectivity index (χ1) is 12.9. The third-order valence-corrected chi connectivity index (χ3v) is 3.92. The Morgan fingerprint density at radius 3 is 1.96 bits per heavy atom. The summed E-state index contributed by atoms with van der Waals surface area (Å²) in [5.41, 5.74) is 5.54. The summed E-state index contributed by atoms with van der Waals surface area (Å²) in [5.74, 6) is -0.876. The Labute approximate surface area is 158 Å². The van der Waals surface area contributed by atoms with Gasteiger partial charge in [0.05, 0.1) is 7.11 Å². The fourth-order valence-electron chi connectivity index (χ4n) is 2.36. The highest BCUT2D eigenvalue weighted by Gasteiger charge is 2.25. The number of benzene rings is 2. The van der Waals surface area contributed by atoms with Crippen molar-refractivity contribution in [2.24, 2.45) is 5.92 Å². The molecule has 2 rings (SSSR count). The lowest BCUT2D eigenvalue weighted by atomic mass is 10.0. The maximum Gasteiger partial charge on any atom is 0.269 e. The maximum absolute atomic E-state index is 12.4. The number of hydrogen-bond donors (Lipinski definition) is 3. The SMILES string of the molecule is COc1ccc(C(=O)N[C@H](C(=O)NNC(=O)c2ccccc2)C(C)C)cc1. The van der Waals surface area contributed by atoms with Crippen molar-refractivity contribution < 1.29 is 19.1 Å². The van der Waals surface area contributed by atoms with E-state index in [1.54, 1.807) is 68.4 Å². The number of methoxy groups -OCH3 is 1. The van der Waals surface area contributed by atoms with Crippen molar-refractivity contribution in [1.82, 2.24) is 16.2 Å². The predicted molar refractivity (Wildman–Crippen MR) is 101 cm³/mol. The van der Waals surface area contributed by atoms with Crippen molar-refractivity contribution in [3.63, 3.8) is 0 Å². The monoisotopic (exact) mass is 369 g/mol. The van der Waals surface area contributed by atoms with Gasteiger partial charge in [-0.15, -0.1) is 0 Å². The average Bonchev–Trinajstić information content (AvgIpc) is 2.70. The van der Waals surface area contributed by atoms with Crippen LogP contribution in [0.3, 0.4) is 0 Å². The Bertz CT molecular complexity index is 789. The summed E-state index contributed by atoms with van der Waals surface area (Å²) >= 11 is 0. The van der Waals surface area contributed by atoms with Crippen LogP contribution in [0.2, 0.25) is 0 Å². The number of ether oxygens (including phenoxy) is 1. The normalized spacial score (nSPS) is 11.4. The second kappa shape index (κ2) is 9.38. The Kier molecular flexibility index (Phi) is 6.93. The molecule has 7 heteroatoms. The molecule has 0 bridgehead atoms. The zero-order valence-electron chi connectivity index (χ0n) is 15.5. The lowest BCUT2D eigenvalue weighted by Gasteiger charge is -2.22. The summed E-state index contributed by atoms with van der Waals surface area (Å²) in [4.78, 5) is 36.9. The van der Waals surface area contributed by atoms with Crippen LogP contribution >= 0.6 is 0 Å². The quantitative estimate of drug-likeness (QED) is 0.678. The lowest BCUT2D eigenvalue weighted by Crippen LogP contribution is -2.54. The van der Waals surface area contributed by atoms with Gasteiger partial charge in [0.15, 0.2) is 0 Å². The van der Waals surface area contributed by atoms with E-state index in [4.69, 9.17) is 4.74 Å². The van der Waals surface area contributed by atoms with E-state index in [9.17, 15) is 14.4 Å². The second-order valence-electron chi connectivity index (χ2n) is 6.23. The van der Waals surface area contributed by atoms with Gasteiger partial charge in [0, 0.05) is 11.1 Å². The van der Waals surface area contributed by atoms with Crippen molar-refractivity contribution in [1.29, 1.82) is 0 Å². The van der Waals surface area contributed by atoms with Crippen LogP contribution in [-0.4, -0.2) is 30.9 Å². The number of carbonyl (C=O) groups is 3. The largest absolute Gasteiger partial charge is 0.497 e. The van der Waals surface area contributed by atoms with E-state index in [-0.39, 0.29) is 11.8 Å². The minimum atomic E-state index is -0.810. The maximum atomic E-state index is 12.4. The van der Waals surface area contributed by atoms with Crippen LogP contribution in [0.15, 0.2) is 54.6 Å². The number of hydrazine groups is 1. The molecule has 0 radical (unpaired) electrons. The number of nitrogens with one attached hydrogen (secondary N) is 3. The molecule has 0 aliphatic rings. The van der Waals surface area contributed by atoms with Gasteiger partial charge in [-0.05, 0) is 42.3 Å². The van der Waals surface area contributed by atoms with E-state index in [0.717, 1.165) is 0 Å². The van der Waals surface area contributed by atoms with Crippen molar-refractivity contribution in [3.05, 3.63) is 65.7 Å². The molecule has 0 fully saturated rings. The topological polar surface area (TPSA) is 96.5 Å². The average molecular weight is 369 g/mol. The summed E-state index contributed by atoms with van der Waals surface area (Å²) in [5, 5.41) is 2.69. The summed E-state index contributed by atoms with van der Waals surface area (Å²) in [6.45, 7) is 3.61. The third-order valence-electron chi connectivity index (χ3n) is 3.92. The molecule has 0 saturated heterocycles. The molecule has 3 amide bonds. The third kappa shape index (κ3) is 5.57. The Balaban J connectivity index is 1.97. The van der Waals surface area contributed by atoms with Crippen LogP contribution in [0.25, 0.3) is 0 Å². The van der Waals surface area contributed by atoms with Gasteiger partial charge in [-0.25, -0.2) is 0 Å². The fraction of sp³-hybridized carbons (Fsp3) is 0.250. The Morgan fingerprint density at radius 1 is 0.815 bits per heavy atom. The summed E-state index contributed by atoms with van der Waals surface area (Å²) in [6, 6.07) is 14.3. The molecule has 7 nitrogen and oxygen atoms in total. The van der Waals surface area contributed by atoms with Gasteiger partial charge in [-0.1, -0.05) is 32.0 Å². The van der Waals surface area contributed by atoms with Crippen molar-refractivity contribution >= 4 is 17.7 Å². The Morgan fingerprint density at radius 2 is 1.41 bits per heavy atom. The van der Waals surface area contributed by atoms with Crippen LogP contribution in [0.1, 0.15) is 34.6 Å². The predicted octanol–water partition coefficient (Wildman–Crippen LogP) is 1.91. The van der Waals surface area contributed by atoms with Gasteiger partial charge in [-0.3, -0.25) is 25.2 Å². The fourth-order valence-corrected chi connectivity index (χ4v) is 2.36. The van der Waals surface area contributed by atoms with Crippen LogP contribution in [-0.2, 0) is 4.79 Å². The molecule has 2 aromatic rings. The van der Waals surface area contributed by atoms with E-state index in [0.29, 0.717) is 16.9 Å². The molecular formula is C20H23N3O4. The zero-order chi connectivity index (χ0) is 19.8. The number of amides is 3. The standard InChI is InChI=1S/C20H23N3O4/c1-13(2)17(21-18(24)15-9-11-16(27-3)12-10-15)20(26)23-22-19(25)14-7-5-4-6-8-14/h4-13,17H,1-3H3,(H,21,24)(H,22,25)(H,23,26)/t17-/m0/s1. The summed E-state index contributed by atoms with van der Waals surface area (Å²) in [6.07, 6.45) is 0. The molecule has 0 aromatic heterocycles. The van der Waals surface area contributed by atoms with Gasteiger partial charge in [0.2, 0.25) is 0 Å². The van der Waals surface area contributed by atoms with E-state index in [2.05, 4.69) is 16.2 Å². The molecule has 0 aliphatic heterocycles. The van der Waals surface area contributed by atoms with Crippen LogP contribution < -0.4 is 20.9 Å². The first-order valence-corrected chi connectivity index (χ1v) is 8.52. The minimum absolute atomic E-state index is 0.180. The van der Waals surface area contributed by atoms with E-state index in [1.165, 1.54) is 7.11 Å². The van der Waals surface area contributed by atoms with E-state index in [1.807, 2.05) is 0 Å². The van der Waals surface area contributed by atoms with E-state index >= 15 is 0 Å². The molecule has 1 atom stereocenters. The van der Waals surface area contributed by atoms with Crippen LogP contribution in [0, 0.1) is 5.92 Å². The van der Waals surface area contributed by atoms with Crippen molar-refractivity contribution in [2.75, 3.05) is 7.11 Å². The first-order valence-electron chi connectivity index (χ1n) is 8.52. The molecule has 0 saturated carbocycles. The van der Waals surface area contributed by atoms with Gasteiger partial charge >= 0.3 is 0 Å². The molecular weight excluding hydrogens is 346 g/mol. The van der Waals surface area contributed by atoms with Crippen LogP contribution in [0.4, 0.5) is 0 Å². The molecule has 0 heterocycles. The molecule has 142 valence electrons. The van der Waals surface area contributed by atoms with E-state index < -0.39 is 17.9 Å². The van der Waals surface area contributed by atoms with Crippen molar-refractivity contribution in [2.45, 2.75) is 19.9 Å². The number of carbonyl (C=O) groups excluding carboxylic acids is 3. The number of rotatable bonds is 6. The molecule has 27 heavy (non-hydrogen) atoms. The van der Waals surface area contributed by atoms with Crippen LogP contribution in [0.5, 0.6) is 5.75 Å². The summed E-state index contributed by atoms with van der Waals surface area (Å²) in [7, 11) is 1.54. The Hall–Kier alpha value is -3.35. The van der Waals surface area contributed by atoms with Crippen molar-refractivity contribution in [3.8, 4) is 5.75 Å². The highest BCUT2D eigenvalue weighted by atomic mass is 16.5. The van der Waals surface area contributed by atoms with Gasteiger partial charge in [0.1, 0.15) is 11.8 Å². The van der Waals surface area contributed by atoms with Gasteiger partial charge in [-0.2, -0.15) is 0 Å². The smallest absolute Gasteiger partial charge is 0.269 e. The van der Waals surface area contributed by atoms with Gasteiger partial charge in [0.25, 0.3) is 17.7 Å². The van der Waals surface area contributed by atoms with Gasteiger partial charge < -0.3 is 10.1 Å². The second-order valence-corrected chi connectivity index (χ2v) is 6.23. The highest BCUT2D eigenvalue weighted by molar-refractivity contribution is 5.99. The molecule has 3 N–H and O–H groups in total. The lowest BCUT2D eigenvalue weighted by molar-refractivity contribution is -0.124. The summed E-state index contributed by atoms with van der Waals surface area (Å²) < 4.78 is 5.06. The zero-order valence-corrected chi connectivity index (χ0v) is 15.5. The molecule has 0 unspecified atom stereocenters. The number of hydrogen-bond acceptors (Lipinski definition) is 4. The minimum Gasteiger partial charge on any atom is -0.497 e. The highest BCUT2D eigenvalue weighted by Crippen LogP contribution is 2.12. The molecule has 0 spiro atoms.